The summed E-state index contributed by atoms with van der Waals surface area (Å²) in [4.78, 5) is 6.08. The van der Waals surface area contributed by atoms with Crippen molar-refractivity contribution < 1.29 is 2.74 Å². The molecule has 3 nitrogen and oxygen atoms in total. The van der Waals surface area contributed by atoms with Crippen LogP contribution in [0.1, 0.15) is 14.0 Å². The molecule has 0 unspecified atom stereocenters. The van der Waals surface area contributed by atoms with E-state index in [2.05, 4.69) is 4.98 Å². The number of pyridine rings is 1. The summed E-state index contributed by atoms with van der Waals surface area (Å²) in [6, 6.07) is 9.23. The van der Waals surface area contributed by atoms with Gasteiger partial charge in [0.05, 0.1) is 19.8 Å². The van der Waals surface area contributed by atoms with Gasteiger partial charge >= 0.3 is 0 Å². The summed E-state index contributed by atoms with van der Waals surface area (Å²) in [6.45, 7) is 0.290. The van der Waals surface area contributed by atoms with Gasteiger partial charge in [0.25, 0.3) is 0 Å². The first-order valence-corrected chi connectivity index (χ1v) is 5.54. The molecule has 0 radical (unpaired) electrons. The molecule has 3 heteroatoms. The van der Waals surface area contributed by atoms with Crippen molar-refractivity contribution in [1.29, 1.82) is 0 Å². The SMILES string of the molecule is [2H]C1([2H])c2ccc(C)nc2-c2cccc(N)c2N1C. The van der Waals surface area contributed by atoms with E-state index in [-0.39, 0.29) is 0 Å². The molecule has 0 amide bonds. The summed E-state index contributed by atoms with van der Waals surface area (Å²) in [5.74, 6) is 0. The summed E-state index contributed by atoms with van der Waals surface area (Å²) in [5, 5.41) is 0. The monoisotopic (exact) mass is 227 g/mol. The van der Waals surface area contributed by atoms with Crippen molar-refractivity contribution in [3.8, 4) is 11.3 Å². The van der Waals surface area contributed by atoms with E-state index in [9.17, 15) is 0 Å². The topological polar surface area (TPSA) is 42.1 Å². The van der Waals surface area contributed by atoms with Crippen molar-refractivity contribution in [2.24, 2.45) is 0 Å². The molecule has 0 bridgehead atoms. The fourth-order valence-corrected chi connectivity index (χ4v) is 2.22. The number of hydrogen-bond acceptors (Lipinski definition) is 3. The quantitative estimate of drug-likeness (QED) is 0.703. The molecular formula is C14H15N3. The fraction of sp³-hybridized carbons (Fsp3) is 0.214. The Labute approximate surface area is 104 Å². The summed E-state index contributed by atoms with van der Waals surface area (Å²) >= 11 is 0. The summed E-state index contributed by atoms with van der Waals surface area (Å²) < 4.78 is 16.6. The molecule has 0 saturated carbocycles. The Morgan fingerprint density at radius 1 is 1.35 bits per heavy atom. The predicted octanol–water partition coefficient (Wildman–Crippen LogP) is 2.59. The lowest BCUT2D eigenvalue weighted by molar-refractivity contribution is 0.898. The second-order valence-electron chi connectivity index (χ2n) is 4.26. The largest absolute Gasteiger partial charge is 0.397 e. The average Bonchev–Trinajstić information content (AvgIpc) is 2.36. The Morgan fingerprint density at radius 2 is 2.18 bits per heavy atom. The molecule has 0 aliphatic carbocycles. The third kappa shape index (κ3) is 1.46. The van der Waals surface area contributed by atoms with Crippen LogP contribution < -0.4 is 10.6 Å². The standard InChI is InChI=1S/C14H15N3/c1-9-6-7-10-8-17(2)14-11(13(10)16-9)4-3-5-12(14)15/h3-7H,8,15H2,1-2H3/i8D2. The lowest BCUT2D eigenvalue weighted by Crippen LogP contribution is -2.23. The zero-order valence-electron chi connectivity index (χ0n) is 11.9. The van der Waals surface area contributed by atoms with Crippen LogP contribution in [0.4, 0.5) is 11.4 Å². The molecule has 1 aromatic carbocycles. The van der Waals surface area contributed by atoms with E-state index < -0.39 is 6.50 Å². The van der Waals surface area contributed by atoms with Crippen molar-refractivity contribution in [2.75, 3.05) is 17.7 Å². The van der Waals surface area contributed by atoms with Gasteiger partial charge < -0.3 is 10.6 Å². The molecule has 17 heavy (non-hydrogen) atoms. The second-order valence-corrected chi connectivity index (χ2v) is 4.26. The number of nitrogen functional groups attached to an aromatic ring is 1. The molecule has 2 N–H and O–H groups in total. The average molecular weight is 227 g/mol. The van der Waals surface area contributed by atoms with Crippen molar-refractivity contribution in [1.82, 2.24) is 4.98 Å². The lowest BCUT2D eigenvalue weighted by Gasteiger charge is -2.30. The highest BCUT2D eigenvalue weighted by Gasteiger charge is 2.22. The molecule has 86 valence electrons. The third-order valence-electron chi connectivity index (χ3n) is 2.98. The van der Waals surface area contributed by atoms with E-state index in [0.717, 1.165) is 11.3 Å². The molecule has 2 heterocycles. The molecule has 1 aliphatic heterocycles. The molecule has 0 saturated heterocycles. The van der Waals surface area contributed by atoms with Crippen LogP contribution in [0.2, 0.25) is 0 Å². The predicted molar refractivity (Wildman–Crippen MR) is 70.9 cm³/mol. The maximum absolute atomic E-state index is 8.31. The van der Waals surface area contributed by atoms with E-state index in [0.29, 0.717) is 22.6 Å². The molecule has 1 aromatic heterocycles. The number of aromatic nitrogens is 1. The van der Waals surface area contributed by atoms with Crippen LogP contribution in [0.5, 0.6) is 0 Å². The number of aryl methyl sites for hydroxylation is 1. The van der Waals surface area contributed by atoms with Gasteiger partial charge in [0.1, 0.15) is 0 Å². The summed E-state index contributed by atoms with van der Waals surface area (Å²) in [6.07, 6.45) is 0. The number of fused-ring (bicyclic) bond motifs is 3. The van der Waals surface area contributed by atoms with Crippen molar-refractivity contribution in [3.63, 3.8) is 0 Å². The lowest BCUT2D eigenvalue weighted by atomic mass is 9.97. The number of nitrogens with two attached hydrogens (primary N) is 1. The Morgan fingerprint density at radius 3 is 3.00 bits per heavy atom. The maximum Gasteiger partial charge on any atom is 0.0776 e. The fourth-order valence-electron chi connectivity index (χ4n) is 2.22. The van der Waals surface area contributed by atoms with E-state index >= 15 is 0 Å². The zero-order chi connectivity index (χ0) is 13.8. The van der Waals surface area contributed by atoms with Crippen LogP contribution in [-0.4, -0.2) is 12.0 Å². The second kappa shape index (κ2) is 3.48. The Bertz CT molecular complexity index is 668. The summed E-state index contributed by atoms with van der Waals surface area (Å²) in [7, 11) is 1.72. The molecule has 3 rings (SSSR count). The van der Waals surface area contributed by atoms with Crippen LogP contribution in [-0.2, 0) is 6.50 Å². The first-order valence-electron chi connectivity index (χ1n) is 6.54. The van der Waals surface area contributed by atoms with Gasteiger partial charge in [-0.25, -0.2) is 0 Å². The van der Waals surface area contributed by atoms with Gasteiger partial charge in [0.15, 0.2) is 0 Å². The van der Waals surface area contributed by atoms with Crippen molar-refractivity contribution in [2.45, 2.75) is 13.4 Å². The first-order chi connectivity index (χ1) is 8.93. The van der Waals surface area contributed by atoms with Gasteiger partial charge in [-0.1, -0.05) is 18.2 Å². The van der Waals surface area contributed by atoms with E-state index in [1.54, 1.807) is 24.1 Å². The number of benzene rings is 1. The van der Waals surface area contributed by atoms with Crippen LogP contribution in [0, 0.1) is 6.92 Å². The van der Waals surface area contributed by atoms with Crippen LogP contribution in [0.15, 0.2) is 30.3 Å². The third-order valence-corrected chi connectivity index (χ3v) is 2.98. The van der Waals surface area contributed by atoms with Crippen molar-refractivity contribution in [3.05, 3.63) is 41.6 Å². The van der Waals surface area contributed by atoms with Gasteiger partial charge in [-0.05, 0) is 24.6 Å². The van der Waals surface area contributed by atoms with Gasteiger partial charge in [0, 0.05) is 24.8 Å². The molecule has 1 aliphatic rings. The number of hydrogen-bond donors (Lipinski definition) is 1. The molecule has 0 fully saturated rings. The summed E-state index contributed by atoms with van der Waals surface area (Å²) in [5.41, 5.74) is 10.3. The highest BCUT2D eigenvalue weighted by atomic mass is 15.1. The molecule has 0 spiro atoms. The van der Waals surface area contributed by atoms with Crippen LogP contribution in [0.25, 0.3) is 11.3 Å². The number of rotatable bonds is 0. The normalized spacial score (nSPS) is 17.9. The van der Waals surface area contributed by atoms with Crippen molar-refractivity contribution >= 4 is 11.4 Å². The molecular weight excluding hydrogens is 210 g/mol. The van der Waals surface area contributed by atoms with Gasteiger partial charge in [-0.3, -0.25) is 4.98 Å². The highest BCUT2D eigenvalue weighted by Crippen LogP contribution is 2.40. The number of nitrogens with zero attached hydrogens (tertiary/aromatic N) is 2. The number of para-hydroxylation sites is 1. The minimum atomic E-state index is -1.61. The minimum Gasteiger partial charge on any atom is -0.397 e. The smallest absolute Gasteiger partial charge is 0.0776 e. The van der Waals surface area contributed by atoms with Gasteiger partial charge in [0.2, 0.25) is 0 Å². The zero-order valence-corrected chi connectivity index (χ0v) is 9.86. The van der Waals surface area contributed by atoms with Gasteiger partial charge in [-0.2, -0.15) is 0 Å². The number of anilines is 2. The molecule has 2 aromatic rings. The Hall–Kier alpha value is -2.03. The highest BCUT2D eigenvalue weighted by molar-refractivity contribution is 5.88. The maximum atomic E-state index is 8.31. The van der Waals surface area contributed by atoms with Crippen LogP contribution >= 0.6 is 0 Å². The Balaban J connectivity index is 2.41. The van der Waals surface area contributed by atoms with E-state index in [4.69, 9.17) is 8.48 Å². The molecule has 0 atom stereocenters. The van der Waals surface area contributed by atoms with Crippen LogP contribution in [0.3, 0.4) is 0 Å². The Kier molecular flexibility index (Phi) is 1.66. The first kappa shape index (κ1) is 8.12. The minimum absolute atomic E-state index is 0.567. The van der Waals surface area contributed by atoms with E-state index in [1.807, 2.05) is 25.1 Å². The van der Waals surface area contributed by atoms with Gasteiger partial charge in [-0.15, -0.1) is 0 Å². The van der Waals surface area contributed by atoms with E-state index in [1.165, 1.54) is 0 Å².